The first-order valence-corrected chi connectivity index (χ1v) is 8.67. The van der Waals surface area contributed by atoms with Crippen molar-refractivity contribution < 1.29 is 0 Å². The van der Waals surface area contributed by atoms with Crippen LogP contribution >= 0.6 is 0 Å². The molecule has 0 unspecified atom stereocenters. The van der Waals surface area contributed by atoms with E-state index >= 15 is 0 Å². The van der Waals surface area contributed by atoms with Crippen LogP contribution in [0.4, 0.5) is 0 Å². The van der Waals surface area contributed by atoms with Crippen LogP contribution in [-0.2, 0) is 0 Å². The first-order chi connectivity index (χ1) is 9.24. The molecule has 1 saturated carbocycles. The Labute approximate surface area is 119 Å². The zero-order chi connectivity index (χ0) is 13.2. The van der Waals surface area contributed by atoms with Crippen LogP contribution in [0, 0.1) is 17.8 Å². The highest BCUT2D eigenvalue weighted by molar-refractivity contribution is 4.93. The lowest BCUT2D eigenvalue weighted by atomic mass is 9.66. The van der Waals surface area contributed by atoms with E-state index in [0.29, 0.717) is 0 Å². The summed E-state index contributed by atoms with van der Waals surface area (Å²) in [6.07, 6.45) is 11.6. The highest BCUT2D eigenvalue weighted by Gasteiger charge is 2.38. The Morgan fingerprint density at radius 2 is 2.00 bits per heavy atom. The fourth-order valence-electron chi connectivity index (χ4n) is 5.08. The van der Waals surface area contributed by atoms with E-state index in [1.807, 2.05) is 0 Å². The maximum absolute atomic E-state index is 3.82. The van der Waals surface area contributed by atoms with E-state index in [9.17, 15) is 0 Å². The molecule has 3 rings (SSSR count). The third-order valence-electron chi connectivity index (χ3n) is 6.10. The minimum atomic E-state index is 0.844. The highest BCUT2D eigenvalue weighted by atomic mass is 15.1. The van der Waals surface area contributed by atoms with Gasteiger partial charge < -0.3 is 10.2 Å². The molecule has 0 aromatic carbocycles. The van der Waals surface area contributed by atoms with Gasteiger partial charge in [0, 0.05) is 12.1 Å². The Bertz CT molecular complexity index is 291. The molecule has 5 atom stereocenters. The number of fused-ring (bicyclic) bond motifs is 1. The van der Waals surface area contributed by atoms with Crippen molar-refractivity contribution in [2.24, 2.45) is 17.8 Å². The number of nitrogens with one attached hydrogen (secondary N) is 1. The second kappa shape index (κ2) is 6.13. The first-order valence-electron chi connectivity index (χ1n) is 8.67. The van der Waals surface area contributed by atoms with Crippen LogP contribution in [0.15, 0.2) is 0 Å². The average Bonchev–Trinajstić information content (AvgIpc) is 2.41. The summed E-state index contributed by atoms with van der Waals surface area (Å²) >= 11 is 0. The van der Waals surface area contributed by atoms with Gasteiger partial charge in [-0.15, -0.1) is 0 Å². The minimum absolute atomic E-state index is 0.844. The maximum atomic E-state index is 3.82. The van der Waals surface area contributed by atoms with Gasteiger partial charge in [0.05, 0.1) is 0 Å². The van der Waals surface area contributed by atoms with Crippen LogP contribution in [0.3, 0.4) is 0 Å². The summed E-state index contributed by atoms with van der Waals surface area (Å²) in [6.45, 7) is 5.08. The standard InChI is InChI=1S/C17H32N2/c1-13-10-14(12-15-6-3-4-9-19(15)2)16-7-5-8-18-17(16)11-13/h13-18H,3-12H2,1-2H3/t13-,14+,15+,16-,17-/m1/s1. The van der Waals surface area contributed by atoms with E-state index in [4.69, 9.17) is 0 Å². The van der Waals surface area contributed by atoms with Gasteiger partial charge in [0.15, 0.2) is 0 Å². The number of rotatable bonds is 2. The Morgan fingerprint density at radius 3 is 2.84 bits per heavy atom. The van der Waals surface area contributed by atoms with Crippen molar-refractivity contribution in [3.8, 4) is 0 Å². The molecule has 0 aromatic heterocycles. The van der Waals surface area contributed by atoms with E-state index in [-0.39, 0.29) is 0 Å². The molecule has 0 amide bonds. The molecule has 0 aromatic rings. The first kappa shape index (κ1) is 13.9. The van der Waals surface area contributed by atoms with Crippen LogP contribution in [0.1, 0.15) is 58.3 Å². The van der Waals surface area contributed by atoms with Crippen molar-refractivity contribution in [2.45, 2.75) is 70.4 Å². The Balaban J connectivity index is 1.63. The van der Waals surface area contributed by atoms with Crippen molar-refractivity contribution in [1.29, 1.82) is 0 Å². The maximum Gasteiger partial charge on any atom is 0.0100 e. The van der Waals surface area contributed by atoms with Crippen molar-refractivity contribution in [3.63, 3.8) is 0 Å². The van der Waals surface area contributed by atoms with Gasteiger partial charge in [0.1, 0.15) is 0 Å². The lowest BCUT2D eigenvalue weighted by Crippen LogP contribution is -2.50. The summed E-state index contributed by atoms with van der Waals surface area (Å²) in [5.74, 6) is 2.91. The van der Waals surface area contributed by atoms with E-state index in [1.165, 1.54) is 64.5 Å². The summed E-state index contributed by atoms with van der Waals surface area (Å²) in [4.78, 5) is 2.65. The van der Waals surface area contributed by atoms with Gasteiger partial charge in [-0.2, -0.15) is 0 Å². The van der Waals surface area contributed by atoms with Crippen LogP contribution < -0.4 is 5.32 Å². The zero-order valence-electron chi connectivity index (χ0n) is 12.9. The lowest BCUT2D eigenvalue weighted by Gasteiger charge is -2.46. The zero-order valence-corrected chi connectivity index (χ0v) is 12.9. The number of likely N-dealkylation sites (tertiary alicyclic amines) is 1. The van der Waals surface area contributed by atoms with Crippen LogP contribution in [0.25, 0.3) is 0 Å². The molecule has 1 N–H and O–H groups in total. The molecule has 2 nitrogen and oxygen atoms in total. The van der Waals surface area contributed by atoms with Crippen LogP contribution in [-0.4, -0.2) is 37.1 Å². The molecule has 2 heteroatoms. The third-order valence-corrected chi connectivity index (χ3v) is 6.10. The molecule has 0 spiro atoms. The molecule has 2 heterocycles. The number of nitrogens with zero attached hydrogens (tertiary/aromatic N) is 1. The fraction of sp³-hybridized carbons (Fsp3) is 1.00. The van der Waals surface area contributed by atoms with Crippen LogP contribution in [0.2, 0.25) is 0 Å². The monoisotopic (exact) mass is 264 g/mol. The van der Waals surface area contributed by atoms with E-state index < -0.39 is 0 Å². The SMILES string of the molecule is C[C@@H]1C[C@@H](C[C@@H]2CCCCN2C)[C@H]2CCCN[C@@H]2C1. The van der Waals surface area contributed by atoms with Gasteiger partial charge in [-0.05, 0) is 82.8 Å². The molecule has 2 aliphatic heterocycles. The normalized spacial score (nSPS) is 44.8. The highest BCUT2D eigenvalue weighted by Crippen LogP contribution is 2.41. The lowest BCUT2D eigenvalue weighted by molar-refractivity contribution is 0.0653. The van der Waals surface area contributed by atoms with E-state index in [0.717, 1.165) is 29.8 Å². The smallest absolute Gasteiger partial charge is 0.0100 e. The number of piperidine rings is 2. The number of hydrogen-bond acceptors (Lipinski definition) is 2. The molecule has 1 aliphatic carbocycles. The van der Waals surface area contributed by atoms with E-state index in [1.54, 1.807) is 0 Å². The Kier molecular flexibility index (Phi) is 4.48. The largest absolute Gasteiger partial charge is 0.314 e. The molecule has 0 bridgehead atoms. The molecule has 3 fully saturated rings. The van der Waals surface area contributed by atoms with E-state index in [2.05, 4.69) is 24.2 Å². The topological polar surface area (TPSA) is 15.3 Å². The minimum Gasteiger partial charge on any atom is -0.314 e. The summed E-state index contributed by atoms with van der Waals surface area (Å²) in [7, 11) is 2.35. The molecule has 0 radical (unpaired) electrons. The number of hydrogen-bond donors (Lipinski definition) is 1. The molecule has 2 saturated heterocycles. The average molecular weight is 264 g/mol. The van der Waals surface area contributed by atoms with Crippen LogP contribution in [0.5, 0.6) is 0 Å². The second-order valence-corrected chi connectivity index (χ2v) is 7.57. The molecule has 110 valence electrons. The Morgan fingerprint density at radius 1 is 1.11 bits per heavy atom. The van der Waals surface area contributed by atoms with Crippen molar-refractivity contribution in [2.75, 3.05) is 20.1 Å². The summed E-state index contributed by atoms with van der Waals surface area (Å²) in [5.41, 5.74) is 0. The van der Waals surface area contributed by atoms with Crippen molar-refractivity contribution >= 4 is 0 Å². The van der Waals surface area contributed by atoms with Crippen molar-refractivity contribution in [1.82, 2.24) is 10.2 Å². The molecule has 3 aliphatic rings. The molecule has 19 heavy (non-hydrogen) atoms. The van der Waals surface area contributed by atoms with Gasteiger partial charge in [-0.25, -0.2) is 0 Å². The molecular weight excluding hydrogens is 232 g/mol. The summed E-state index contributed by atoms with van der Waals surface area (Å²) < 4.78 is 0. The van der Waals surface area contributed by atoms with Gasteiger partial charge in [-0.1, -0.05) is 13.3 Å². The Hall–Kier alpha value is -0.0800. The van der Waals surface area contributed by atoms with Crippen molar-refractivity contribution in [3.05, 3.63) is 0 Å². The fourth-order valence-corrected chi connectivity index (χ4v) is 5.08. The van der Waals surface area contributed by atoms with Gasteiger partial charge in [-0.3, -0.25) is 0 Å². The van der Waals surface area contributed by atoms with Gasteiger partial charge >= 0.3 is 0 Å². The quantitative estimate of drug-likeness (QED) is 0.823. The molecular formula is C17H32N2. The summed E-state index contributed by atoms with van der Waals surface area (Å²) in [6, 6.07) is 1.73. The second-order valence-electron chi connectivity index (χ2n) is 7.57. The third kappa shape index (κ3) is 3.16. The predicted molar refractivity (Wildman–Crippen MR) is 81.3 cm³/mol. The summed E-state index contributed by atoms with van der Waals surface area (Å²) in [5, 5.41) is 3.82. The predicted octanol–water partition coefficient (Wildman–Crippen LogP) is 3.28. The van der Waals surface area contributed by atoms with Gasteiger partial charge in [0.2, 0.25) is 0 Å². The van der Waals surface area contributed by atoms with Gasteiger partial charge in [0.25, 0.3) is 0 Å².